The molecule has 1 aromatic heterocycles. The molecule has 0 fully saturated rings. The van der Waals surface area contributed by atoms with Crippen LogP contribution in [0.3, 0.4) is 0 Å². The molecule has 6 nitrogen and oxygen atoms in total. The fourth-order valence-corrected chi connectivity index (χ4v) is 4.04. The fraction of sp³-hybridized carbons (Fsp3) is 0.300. The number of thioether (sulfide) groups is 1. The summed E-state index contributed by atoms with van der Waals surface area (Å²) in [5, 5.41) is 9.76. The highest BCUT2D eigenvalue weighted by Crippen LogP contribution is 2.34. The van der Waals surface area contributed by atoms with Crippen molar-refractivity contribution in [2.24, 2.45) is 0 Å². The third-order valence-corrected chi connectivity index (χ3v) is 5.65. The minimum atomic E-state index is 0.774. The Morgan fingerprint density at radius 2 is 1.67 bits per heavy atom. The zero-order valence-electron chi connectivity index (χ0n) is 15.7. The Labute approximate surface area is 163 Å². The summed E-state index contributed by atoms with van der Waals surface area (Å²) >= 11 is 1.68. The van der Waals surface area contributed by atoms with E-state index < -0.39 is 0 Å². The third-order valence-electron chi connectivity index (χ3n) is 4.61. The predicted molar refractivity (Wildman–Crippen MR) is 107 cm³/mol. The lowest BCUT2D eigenvalue weighted by Crippen LogP contribution is -2.14. The van der Waals surface area contributed by atoms with Gasteiger partial charge in [0.2, 0.25) is 5.95 Å². The van der Waals surface area contributed by atoms with Crippen LogP contribution in [0.1, 0.15) is 11.1 Å². The fourth-order valence-electron chi connectivity index (χ4n) is 3.15. The number of aromatic nitrogens is 3. The van der Waals surface area contributed by atoms with Gasteiger partial charge in [-0.3, -0.25) is 4.57 Å². The molecule has 0 N–H and O–H groups in total. The number of anilines is 2. The Morgan fingerprint density at radius 3 is 2.33 bits per heavy atom. The lowest BCUT2D eigenvalue weighted by molar-refractivity contribution is 0.393. The predicted octanol–water partition coefficient (Wildman–Crippen LogP) is 4.05. The van der Waals surface area contributed by atoms with E-state index in [0.29, 0.717) is 0 Å². The van der Waals surface area contributed by atoms with E-state index in [-0.39, 0.29) is 0 Å². The molecule has 4 rings (SSSR count). The van der Waals surface area contributed by atoms with Gasteiger partial charge >= 0.3 is 0 Å². The number of methoxy groups -OCH3 is 2. The van der Waals surface area contributed by atoms with Crippen LogP contribution in [0.2, 0.25) is 0 Å². The highest BCUT2D eigenvalue weighted by Gasteiger charge is 2.26. The molecular formula is C20H22N4O2S. The van der Waals surface area contributed by atoms with E-state index >= 15 is 0 Å². The smallest absolute Gasteiger partial charge is 0.232 e. The van der Waals surface area contributed by atoms with Crippen molar-refractivity contribution in [1.29, 1.82) is 0 Å². The number of fused-ring (bicyclic) bond motifs is 1. The Morgan fingerprint density at radius 1 is 0.963 bits per heavy atom. The van der Waals surface area contributed by atoms with Crippen LogP contribution in [0.15, 0.2) is 47.6 Å². The van der Waals surface area contributed by atoms with Crippen LogP contribution in [-0.2, 0) is 12.3 Å². The molecule has 0 atom stereocenters. The summed E-state index contributed by atoms with van der Waals surface area (Å²) in [7, 11) is 3.33. The van der Waals surface area contributed by atoms with Gasteiger partial charge in [-0.1, -0.05) is 29.5 Å². The minimum Gasteiger partial charge on any atom is -0.497 e. The molecule has 0 radical (unpaired) electrons. The van der Waals surface area contributed by atoms with Gasteiger partial charge in [0.15, 0.2) is 5.16 Å². The second kappa shape index (κ2) is 7.52. The van der Waals surface area contributed by atoms with Crippen molar-refractivity contribution >= 4 is 23.4 Å². The van der Waals surface area contributed by atoms with Crippen molar-refractivity contribution in [3.8, 4) is 11.5 Å². The van der Waals surface area contributed by atoms with Crippen molar-refractivity contribution < 1.29 is 9.47 Å². The quantitative estimate of drug-likeness (QED) is 0.600. The molecule has 0 aliphatic carbocycles. The lowest BCUT2D eigenvalue weighted by atomic mass is 10.2. The summed E-state index contributed by atoms with van der Waals surface area (Å²) in [4.78, 5) is 2.21. The second-order valence-electron chi connectivity index (χ2n) is 6.43. The van der Waals surface area contributed by atoms with Gasteiger partial charge in [0.1, 0.15) is 11.5 Å². The molecule has 140 valence electrons. The van der Waals surface area contributed by atoms with E-state index in [1.54, 1.807) is 26.0 Å². The molecule has 1 aliphatic rings. The summed E-state index contributed by atoms with van der Waals surface area (Å²) in [6.07, 6.45) is 0. The van der Waals surface area contributed by atoms with E-state index in [4.69, 9.17) is 9.47 Å². The third kappa shape index (κ3) is 3.60. The van der Waals surface area contributed by atoms with E-state index in [2.05, 4.69) is 50.9 Å². The zero-order chi connectivity index (χ0) is 18.8. The molecule has 7 heteroatoms. The number of ether oxygens (including phenoxy) is 2. The molecule has 0 saturated heterocycles. The molecular weight excluding hydrogens is 360 g/mol. The van der Waals surface area contributed by atoms with E-state index in [9.17, 15) is 0 Å². The Hall–Kier alpha value is -2.67. The average Bonchev–Trinajstić information content (AvgIpc) is 3.29. The average molecular weight is 382 g/mol. The van der Waals surface area contributed by atoms with Crippen LogP contribution < -0.4 is 14.4 Å². The van der Waals surface area contributed by atoms with Crippen LogP contribution in [-0.4, -0.2) is 35.5 Å². The van der Waals surface area contributed by atoms with Crippen LogP contribution in [0.25, 0.3) is 0 Å². The standard InChI is InChI=1S/C20H22N4O2S/c1-14-4-6-16(7-5-14)23-8-9-24-19(23)21-22-20(24)27-13-15-10-17(25-2)12-18(11-15)26-3/h4-7,10-12H,8-9,13H2,1-3H3. The van der Waals surface area contributed by atoms with Gasteiger partial charge in [-0.05, 0) is 36.8 Å². The SMILES string of the molecule is COc1cc(CSc2nnc3n2CCN3c2ccc(C)cc2)cc(OC)c1. The van der Waals surface area contributed by atoms with Crippen molar-refractivity contribution in [2.45, 2.75) is 24.4 Å². The van der Waals surface area contributed by atoms with Gasteiger partial charge < -0.3 is 14.4 Å². The first-order chi connectivity index (χ1) is 13.2. The van der Waals surface area contributed by atoms with Crippen molar-refractivity contribution in [3.05, 3.63) is 53.6 Å². The maximum atomic E-state index is 5.35. The van der Waals surface area contributed by atoms with Gasteiger partial charge in [-0.15, -0.1) is 10.2 Å². The number of rotatable bonds is 6. The summed E-state index contributed by atoms with van der Waals surface area (Å²) in [6, 6.07) is 14.4. The van der Waals surface area contributed by atoms with Crippen LogP contribution in [0.5, 0.6) is 11.5 Å². The number of benzene rings is 2. The van der Waals surface area contributed by atoms with Gasteiger partial charge in [0.25, 0.3) is 0 Å². The van der Waals surface area contributed by atoms with E-state index in [1.165, 1.54) is 5.56 Å². The number of aryl methyl sites for hydroxylation is 1. The summed E-state index contributed by atoms with van der Waals surface area (Å²) in [5.41, 5.74) is 3.53. The maximum absolute atomic E-state index is 5.35. The largest absolute Gasteiger partial charge is 0.497 e. The molecule has 3 aromatic rings. The molecule has 27 heavy (non-hydrogen) atoms. The Kier molecular flexibility index (Phi) is 4.94. The summed E-state index contributed by atoms with van der Waals surface area (Å²) in [6.45, 7) is 3.90. The van der Waals surface area contributed by atoms with Crippen molar-refractivity contribution in [1.82, 2.24) is 14.8 Å². The summed E-state index contributed by atoms with van der Waals surface area (Å²) < 4.78 is 12.9. The zero-order valence-corrected chi connectivity index (χ0v) is 16.5. The van der Waals surface area contributed by atoms with Crippen LogP contribution in [0.4, 0.5) is 11.6 Å². The van der Waals surface area contributed by atoms with Gasteiger partial charge in [-0.2, -0.15) is 0 Å². The monoisotopic (exact) mass is 382 g/mol. The number of nitrogens with zero attached hydrogens (tertiary/aromatic N) is 4. The second-order valence-corrected chi connectivity index (χ2v) is 7.37. The first-order valence-electron chi connectivity index (χ1n) is 8.80. The molecule has 0 saturated carbocycles. The van der Waals surface area contributed by atoms with Crippen molar-refractivity contribution in [2.75, 3.05) is 25.7 Å². The molecule has 0 bridgehead atoms. The maximum Gasteiger partial charge on any atom is 0.232 e. The normalized spacial score (nSPS) is 12.9. The number of hydrogen-bond acceptors (Lipinski definition) is 6. The van der Waals surface area contributed by atoms with E-state index in [1.807, 2.05) is 18.2 Å². The molecule has 0 unspecified atom stereocenters. The van der Waals surface area contributed by atoms with Gasteiger partial charge in [0.05, 0.1) is 14.2 Å². The van der Waals surface area contributed by atoms with E-state index in [0.717, 1.165) is 52.7 Å². The molecule has 0 spiro atoms. The topological polar surface area (TPSA) is 52.4 Å². The Bertz CT molecular complexity index is 917. The van der Waals surface area contributed by atoms with Crippen molar-refractivity contribution in [3.63, 3.8) is 0 Å². The first-order valence-corrected chi connectivity index (χ1v) is 9.78. The lowest BCUT2D eigenvalue weighted by Gasteiger charge is -2.15. The highest BCUT2D eigenvalue weighted by molar-refractivity contribution is 7.98. The summed E-state index contributed by atoms with van der Waals surface area (Å²) in [5.74, 6) is 3.27. The van der Waals surface area contributed by atoms with Gasteiger partial charge in [0, 0.05) is 30.6 Å². The molecule has 1 aliphatic heterocycles. The van der Waals surface area contributed by atoms with Crippen LogP contribution >= 0.6 is 11.8 Å². The van der Waals surface area contributed by atoms with Crippen LogP contribution in [0, 0.1) is 6.92 Å². The molecule has 2 aromatic carbocycles. The van der Waals surface area contributed by atoms with Gasteiger partial charge in [-0.25, -0.2) is 0 Å². The first kappa shape index (κ1) is 17.7. The number of hydrogen-bond donors (Lipinski definition) is 0. The molecule has 0 amide bonds. The minimum absolute atomic E-state index is 0.774. The molecule has 2 heterocycles. The Balaban J connectivity index is 1.51. The highest BCUT2D eigenvalue weighted by atomic mass is 32.2.